The first-order valence-corrected chi connectivity index (χ1v) is 3.62. The van der Waals surface area contributed by atoms with Crippen LogP contribution >= 0.6 is 0 Å². The molecule has 0 aliphatic carbocycles. The smallest absolute Gasteiger partial charge is 0.336 e. The molecule has 0 saturated carbocycles. The first-order chi connectivity index (χ1) is 5.77. The molecule has 0 fully saturated rings. The van der Waals surface area contributed by atoms with Gasteiger partial charge in [0.15, 0.2) is 0 Å². The van der Waals surface area contributed by atoms with Crippen molar-refractivity contribution in [2.75, 3.05) is 0 Å². The summed E-state index contributed by atoms with van der Waals surface area (Å²) in [6.45, 7) is 3.75. The lowest BCUT2D eigenvalue weighted by molar-refractivity contribution is 0.560. The number of benzene rings is 1. The van der Waals surface area contributed by atoms with Gasteiger partial charge in [0.25, 0.3) is 0 Å². The predicted octanol–water partition coefficient (Wildman–Crippen LogP) is 1.98. The van der Waals surface area contributed by atoms with E-state index in [2.05, 4.69) is 6.92 Å². The molecule has 2 heteroatoms. The van der Waals surface area contributed by atoms with Crippen LogP contribution in [0.1, 0.15) is 5.56 Å². The number of hydrogen-bond donors (Lipinski definition) is 0. The Morgan fingerprint density at radius 2 is 2.00 bits per heavy atom. The van der Waals surface area contributed by atoms with Gasteiger partial charge in [-0.3, -0.25) is 0 Å². The van der Waals surface area contributed by atoms with Crippen LogP contribution in [0.15, 0.2) is 39.5 Å². The minimum atomic E-state index is -0.348. The standard InChI is InChI=1S/C10H7O2/c1-7-6-10(11)12-9-5-3-2-4-8(7)9/h2-6H,1H2. The molecule has 0 aliphatic heterocycles. The number of rotatable bonds is 0. The molecule has 2 aromatic rings. The Labute approximate surface area is 69.4 Å². The Hall–Kier alpha value is -1.57. The van der Waals surface area contributed by atoms with Gasteiger partial charge in [-0.05, 0) is 18.6 Å². The second-order valence-corrected chi connectivity index (χ2v) is 2.59. The highest BCUT2D eigenvalue weighted by atomic mass is 16.4. The Morgan fingerprint density at radius 1 is 1.25 bits per heavy atom. The monoisotopic (exact) mass is 159 g/mol. The summed E-state index contributed by atoms with van der Waals surface area (Å²) < 4.78 is 4.95. The Balaban J connectivity index is 2.99. The van der Waals surface area contributed by atoms with E-state index in [0.717, 1.165) is 5.39 Å². The molecule has 0 aliphatic rings. The summed E-state index contributed by atoms with van der Waals surface area (Å²) in [6.07, 6.45) is 0. The van der Waals surface area contributed by atoms with Gasteiger partial charge >= 0.3 is 5.63 Å². The molecule has 1 radical (unpaired) electrons. The predicted molar refractivity (Wildman–Crippen MR) is 46.9 cm³/mol. The molecule has 0 N–H and O–H groups in total. The third-order valence-corrected chi connectivity index (χ3v) is 1.74. The Bertz CT molecular complexity index is 468. The molecule has 0 amide bonds. The first kappa shape index (κ1) is 7.10. The maximum Gasteiger partial charge on any atom is 0.336 e. The molecule has 1 aromatic carbocycles. The Morgan fingerprint density at radius 3 is 2.83 bits per heavy atom. The van der Waals surface area contributed by atoms with Crippen LogP contribution in [0.5, 0.6) is 0 Å². The zero-order chi connectivity index (χ0) is 8.55. The van der Waals surface area contributed by atoms with Crippen molar-refractivity contribution < 1.29 is 4.42 Å². The first-order valence-electron chi connectivity index (χ1n) is 3.62. The van der Waals surface area contributed by atoms with Crippen molar-refractivity contribution >= 4 is 11.0 Å². The van der Waals surface area contributed by atoms with Crippen LogP contribution in [0, 0.1) is 6.92 Å². The highest BCUT2D eigenvalue weighted by molar-refractivity contribution is 5.80. The fourth-order valence-electron chi connectivity index (χ4n) is 1.18. The zero-order valence-electron chi connectivity index (χ0n) is 6.41. The van der Waals surface area contributed by atoms with Gasteiger partial charge in [0, 0.05) is 11.5 Å². The summed E-state index contributed by atoms with van der Waals surface area (Å²) >= 11 is 0. The number of hydrogen-bond acceptors (Lipinski definition) is 2. The third kappa shape index (κ3) is 1.01. The van der Waals surface area contributed by atoms with Gasteiger partial charge in [-0.1, -0.05) is 18.2 Å². The van der Waals surface area contributed by atoms with Gasteiger partial charge in [0.1, 0.15) is 5.58 Å². The topological polar surface area (TPSA) is 30.2 Å². The van der Waals surface area contributed by atoms with Gasteiger partial charge in [-0.15, -0.1) is 0 Å². The van der Waals surface area contributed by atoms with Gasteiger partial charge < -0.3 is 4.42 Å². The summed E-state index contributed by atoms with van der Waals surface area (Å²) in [5.41, 5.74) is 0.954. The van der Waals surface area contributed by atoms with Crippen molar-refractivity contribution in [2.24, 2.45) is 0 Å². The highest BCUT2D eigenvalue weighted by Gasteiger charge is 1.98. The number of para-hydroxylation sites is 1. The van der Waals surface area contributed by atoms with Crippen LogP contribution in [0.3, 0.4) is 0 Å². The van der Waals surface area contributed by atoms with Gasteiger partial charge in [0.2, 0.25) is 0 Å². The SMILES string of the molecule is [CH2]c1cc(=O)oc2ccccc12. The van der Waals surface area contributed by atoms with E-state index in [9.17, 15) is 4.79 Å². The second kappa shape index (κ2) is 2.48. The van der Waals surface area contributed by atoms with Crippen LogP contribution in [-0.4, -0.2) is 0 Å². The Kier molecular flexibility index (Phi) is 1.47. The summed E-state index contributed by atoms with van der Waals surface area (Å²) in [6, 6.07) is 8.73. The molecule has 0 spiro atoms. The molecule has 59 valence electrons. The van der Waals surface area contributed by atoms with Crippen LogP contribution in [-0.2, 0) is 0 Å². The lowest BCUT2D eigenvalue weighted by atomic mass is 10.1. The minimum absolute atomic E-state index is 0.348. The number of fused-ring (bicyclic) bond motifs is 1. The lowest BCUT2D eigenvalue weighted by Gasteiger charge is -1.97. The summed E-state index contributed by atoms with van der Waals surface area (Å²) in [4.78, 5) is 10.9. The molecular weight excluding hydrogens is 152 g/mol. The van der Waals surface area contributed by atoms with Crippen molar-refractivity contribution in [1.29, 1.82) is 0 Å². The van der Waals surface area contributed by atoms with E-state index < -0.39 is 0 Å². The average molecular weight is 159 g/mol. The van der Waals surface area contributed by atoms with Crippen LogP contribution in [0.25, 0.3) is 11.0 Å². The molecule has 1 heterocycles. The van der Waals surface area contributed by atoms with E-state index >= 15 is 0 Å². The van der Waals surface area contributed by atoms with Gasteiger partial charge in [0.05, 0.1) is 0 Å². The third-order valence-electron chi connectivity index (χ3n) is 1.74. The van der Waals surface area contributed by atoms with Crippen molar-refractivity contribution in [2.45, 2.75) is 0 Å². The maximum absolute atomic E-state index is 10.9. The largest absolute Gasteiger partial charge is 0.423 e. The van der Waals surface area contributed by atoms with E-state index in [1.165, 1.54) is 6.07 Å². The summed E-state index contributed by atoms with van der Waals surface area (Å²) in [5, 5.41) is 0.886. The van der Waals surface area contributed by atoms with Crippen molar-refractivity contribution in [3.05, 3.63) is 53.2 Å². The molecule has 2 nitrogen and oxygen atoms in total. The second-order valence-electron chi connectivity index (χ2n) is 2.59. The highest BCUT2D eigenvalue weighted by Crippen LogP contribution is 2.14. The summed E-state index contributed by atoms with van der Waals surface area (Å²) in [7, 11) is 0. The molecule has 1 aromatic heterocycles. The molecule has 0 saturated heterocycles. The fraction of sp³-hybridized carbons (Fsp3) is 0. The summed E-state index contributed by atoms with van der Waals surface area (Å²) in [5.74, 6) is 0. The molecule has 12 heavy (non-hydrogen) atoms. The molecule has 0 atom stereocenters. The van der Waals surface area contributed by atoms with Crippen molar-refractivity contribution in [1.82, 2.24) is 0 Å². The van der Waals surface area contributed by atoms with E-state index in [1.807, 2.05) is 18.2 Å². The van der Waals surface area contributed by atoms with E-state index in [-0.39, 0.29) is 5.63 Å². The van der Waals surface area contributed by atoms with E-state index in [1.54, 1.807) is 6.07 Å². The molecule has 0 bridgehead atoms. The van der Waals surface area contributed by atoms with Crippen LogP contribution in [0.2, 0.25) is 0 Å². The normalized spacial score (nSPS) is 10.4. The lowest BCUT2D eigenvalue weighted by Crippen LogP contribution is -1.97. The maximum atomic E-state index is 10.9. The zero-order valence-corrected chi connectivity index (χ0v) is 6.41. The van der Waals surface area contributed by atoms with Crippen LogP contribution in [0.4, 0.5) is 0 Å². The molecular formula is C10H7O2. The minimum Gasteiger partial charge on any atom is -0.423 e. The van der Waals surface area contributed by atoms with E-state index in [4.69, 9.17) is 4.42 Å². The van der Waals surface area contributed by atoms with Gasteiger partial charge in [-0.25, -0.2) is 4.79 Å². The molecule has 2 rings (SSSR count). The van der Waals surface area contributed by atoms with E-state index in [0.29, 0.717) is 11.1 Å². The fourth-order valence-corrected chi connectivity index (χ4v) is 1.18. The van der Waals surface area contributed by atoms with Crippen LogP contribution < -0.4 is 5.63 Å². The van der Waals surface area contributed by atoms with Gasteiger partial charge in [-0.2, -0.15) is 0 Å². The average Bonchev–Trinajstić information content (AvgIpc) is 2.04. The van der Waals surface area contributed by atoms with Crippen molar-refractivity contribution in [3.63, 3.8) is 0 Å². The quantitative estimate of drug-likeness (QED) is 0.550. The molecule has 0 unspecified atom stereocenters. The van der Waals surface area contributed by atoms with Crippen molar-refractivity contribution in [3.8, 4) is 0 Å².